The maximum absolute atomic E-state index is 12.6. The molecule has 0 saturated carbocycles. The van der Waals surface area contributed by atoms with Crippen LogP contribution < -0.4 is 5.32 Å². The van der Waals surface area contributed by atoms with Gasteiger partial charge in [-0.3, -0.25) is 0 Å². The summed E-state index contributed by atoms with van der Waals surface area (Å²) in [6, 6.07) is 0. The molecular weight excluding hydrogens is 237 g/mol. The predicted octanol–water partition coefficient (Wildman–Crippen LogP) is 3.24. The van der Waals surface area contributed by atoms with E-state index in [9.17, 15) is 13.2 Å². The van der Waals surface area contributed by atoms with Crippen molar-refractivity contribution in [3.8, 4) is 0 Å². The van der Waals surface area contributed by atoms with E-state index in [1.165, 1.54) is 11.3 Å². The van der Waals surface area contributed by atoms with E-state index in [0.717, 1.165) is 22.2 Å². The Hall–Kier alpha value is -0.780. The van der Waals surface area contributed by atoms with Crippen LogP contribution in [0.3, 0.4) is 0 Å². The first-order valence-corrected chi connectivity index (χ1v) is 6.11. The quantitative estimate of drug-likeness (QED) is 0.871. The van der Waals surface area contributed by atoms with Crippen molar-refractivity contribution < 1.29 is 13.2 Å². The van der Waals surface area contributed by atoms with Crippen molar-refractivity contribution in [1.29, 1.82) is 0 Å². The zero-order valence-electron chi connectivity index (χ0n) is 8.90. The highest BCUT2D eigenvalue weighted by Crippen LogP contribution is 2.39. The molecule has 1 aliphatic carbocycles. The topological polar surface area (TPSA) is 24.9 Å². The van der Waals surface area contributed by atoms with Crippen LogP contribution in [-0.4, -0.2) is 17.7 Å². The second kappa shape index (κ2) is 4.24. The van der Waals surface area contributed by atoms with Crippen molar-refractivity contribution in [2.45, 2.75) is 32.4 Å². The molecule has 1 atom stereocenters. The van der Waals surface area contributed by atoms with Crippen LogP contribution in [0.5, 0.6) is 0 Å². The van der Waals surface area contributed by atoms with Gasteiger partial charge in [0, 0.05) is 11.4 Å². The average molecular weight is 250 g/mol. The molecule has 1 heterocycles. The van der Waals surface area contributed by atoms with Crippen LogP contribution in [0.4, 0.5) is 18.3 Å². The number of alkyl halides is 3. The molecule has 0 spiro atoms. The maximum atomic E-state index is 12.6. The summed E-state index contributed by atoms with van der Waals surface area (Å²) in [5, 5.41) is 3.79. The minimum absolute atomic E-state index is 0.0991. The van der Waals surface area contributed by atoms with E-state index in [4.69, 9.17) is 0 Å². The lowest BCUT2D eigenvalue weighted by atomic mass is 9.91. The number of hydrogen-bond acceptors (Lipinski definition) is 3. The number of hydrogen-bond donors (Lipinski definition) is 1. The monoisotopic (exact) mass is 250 g/mol. The first-order valence-electron chi connectivity index (χ1n) is 5.30. The van der Waals surface area contributed by atoms with Gasteiger partial charge in [-0.15, -0.1) is 11.3 Å². The molecule has 6 heteroatoms. The number of aromatic nitrogens is 1. The lowest BCUT2D eigenvalue weighted by Gasteiger charge is -2.23. The number of thiazole rings is 1. The van der Waals surface area contributed by atoms with Crippen molar-refractivity contribution in [2.75, 3.05) is 11.9 Å². The molecular formula is C10H13F3N2S. The fraction of sp³-hybridized carbons (Fsp3) is 0.700. The van der Waals surface area contributed by atoms with Gasteiger partial charge in [0.05, 0.1) is 11.6 Å². The summed E-state index contributed by atoms with van der Waals surface area (Å²) in [5.74, 6) is -1.19. The highest BCUT2D eigenvalue weighted by atomic mass is 32.1. The molecule has 0 amide bonds. The van der Waals surface area contributed by atoms with E-state index in [1.54, 1.807) is 0 Å². The lowest BCUT2D eigenvalue weighted by Crippen LogP contribution is -2.28. The van der Waals surface area contributed by atoms with E-state index in [0.29, 0.717) is 6.42 Å². The summed E-state index contributed by atoms with van der Waals surface area (Å²) in [7, 11) is 0. The van der Waals surface area contributed by atoms with E-state index in [1.807, 2.05) is 6.92 Å². The van der Waals surface area contributed by atoms with Gasteiger partial charge in [0.2, 0.25) is 0 Å². The third-order valence-electron chi connectivity index (χ3n) is 2.73. The van der Waals surface area contributed by atoms with Gasteiger partial charge in [-0.05, 0) is 26.2 Å². The zero-order chi connectivity index (χ0) is 11.8. The van der Waals surface area contributed by atoms with E-state index in [-0.39, 0.29) is 12.8 Å². The summed E-state index contributed by atoms with van der Waals surface area (Å²) in [6.07, 6.45) is -3.35. The third-order valence-corrected chi connectivity index (χ3v) is 3.81. The first kappa shape index (κ1) is 11.7. The molecule has 0 fully saturated rings. The number of halogens is 3. The third kappa shape index (κ3) is 2.31. The van der Waals surface area contributed by atoms with Crippen LogP contribution in [0.1, 0.15) is 23.9 Å². The normalized spacial score (nSPS) is 20.6. The molecule has 1 aliphatic rings. The summed E-state index contributed by atoms with van der Waals surface area (Å²) < 4.78 is 37.7. The van der Waals surface area contributed by atoms with Gasteiger partial charge in [-0.25, -0.2) is 4.98 Å². The van der Waals surface area contributed by atoms with Gasteiger partial charge in [-0.2, -0.15) is 13.2 Å². The molecule has 16 heavy (non-hydrogen) atoms. The first-order chi connectivity index (χ1) is 7.50. The minimum atomic E-state index is -4.07. The fourth-order valence-corrected chi connectivity index (χ4v) is 3.04. The van der Waals surface area contributed by atoms with E-state index >= 15 is 0 Å². The van der Waals surface area contributed by atoms with Gasteiger partial charge in [0.15, 0.2) is 5.13 Å². The SMILES string of the molecule is CCNc1nc2c(s1)CC(C(F)(F)F)CC2. The van der Waals surface area contributed by atoms with Crippen LogP contribution in [0, 0.1) is 5.92 Å². The van der Waals surface area contributed by atoms with E-state index in [2.05, 4.69) is 10.3 Å². The van der Waals surface area contributed by atoms with Crippen LogP contribution in [-0.2, 0) is 12.8 Å². The molecule has 2 nitrogen and oxygen atoms in total. The molecule has 0 aliphatic heterocycles. The van der Waals surface area contributed by atoms with Crippen molar-refractivity contribution in [3.05, 3.63) is 10.6 Å². The van der Waals surface area contributed by atoms with Gasteiger partial charge in [0.25, 0.3) is 0 Å². The summed E-state index contributed by atoms with van der Waals surface area (Å²) in [6.45, 7) is 2.69. The number of fused-ring (bicyclic) bond motifs is 1. The minimum Gasteiger partial charge on any atom is -0.362 e. The number of nitrogens with zero attached hydrogens (tertiary/aromatic N) is 1. The van der Waals surface area contributed by atoms with E-state index < -0.39 is 12.1 Å². The highest BCUT2D eigenvalue weighted by molar-refractivity contribution is 7.15. The Bertz CT molecular complexity index is 373. The molecule has 0 saturated heterocycles. The Labute approximate surface area is 95.9 Å². The molecule has 0 bridgehead atoms. The summed E-state index contributed by atoms with van der Waals surface area (Å²) >= 11 is 1.36. The Morgan fingerprint density at radius 2 is 2.25 bits per heavy atom. The molecule has 1 aromatic rings. The molecule has 1 unspecified atom stereocenters. The Morgan fingerprint density at radius 1 is 1.50 bits per heavy atom. The standard InChI is InChI=1S/C10H13F3N2S/c1-2-14-9-15-7-4-3-6(10(11,12)13)5-8(7)16-9/h6H,2-5H2,1H3,(H,14,15). The number of rotatable bonds is 2. The predicted molar refractivity (Wildman–Crippen MR) is 57.8 cm³/mol. The fourth-order valence-electron chi connectivity index (χ4n) is 1.88. The number of aryl methyl sites for hydroxylation is 1. The average Bonchev–Trinajstić information content (AvgIpc) is 2.57. The maximum Gasteiger partial charge on any atom is 0.392 e. The van der Waals surface area contributed by atoms with Gasteiger partial charge < -0.3 is 5.32 Å². The molecule has 0 aromatic carbocycles. The Balaban J connectivity index is 2.14. The van der Waals surface area contributed by atoms with Gasteiger partial charge >= 0.3 is 6.18 Å². The Kier molecular flexibility index (Phi) is 3.10. The highest BCUT2D eigenvalue weighted by Gasteiger charge is 2.42. The number of nitrogens with one attached hydrogen (secondary N) is 1. The van der Waals surface area contributed by atoms with Crippen LogP contribution >= 0.6 is 11.3 Å². The lowest BCUT2D eigenvalue weighted by molar-refractivity contribution is -0.176. The Morgan fingerprint density at radius 3 is 2.88 bits per heavy atom. The van der Waals surface area contributed by atoms with Crippen LogP contribution in [0.2, 0.25) is 0 Å². The summed E-state index contributed by atoms with van der Waals surface area (Å²) in [4.78, 5) is 5.09. The second-order valence-corrected chi connectivity index (χ2v) is 4.98. The van der Waals surface area contributed by atoms with Crippen molar-refractivity contribution in [1.82, 2.24) is 4.98 Å². The smallest absolute Gasteiger partial charge is 0.362 e. The molecule has 90 valence electrons. The molecule has 1 aromatic heterocycles. The largest absolute Gasteiger partial charge is 0.392 e. The van der Waals surface area contributed by atoms with Crippen LogP contribution in [0.25, 0.3) is 0 Å². The van der Waals surface area contributed by atoms with Gasteiger partial charge in [0.1, 0.15) is 0 Å². The second-order valence-electron chi connectivity index (χ2n) is 3.90. The van der Waals surface area contributed by atoms with Gasteiger partial charge in [-0.1, -0.05) is 0 Å². The zero-order valence-corrected chi connectivity index (χ0v) is 9.71. The molecule has 0 radical (unpaired) electrons. The summed E-state index contributed by atoms with van der Waals surface area (Å²) in [5.41, 5.74) is 0.849. The number of anilines is 1. The molecule has 1 N–H and O–H groups in total. The van der Waals surface area contributed by atoms with Crippen LogP contribution in [0.15, 0.2) is 0 Å². The molecule has 2 rings (SSSR count). The van der Waals surface area contributed by atoms with Crippen molar-refractivity contribution >= 4 is 16.5 Å². The van der Waals surface area contributed by atoms with Crippen molar-refractivity contribution in [2.24, 2.45) is 5.92 Å². The van der Waals surface area contributed by atoms with Crippen molar-refractivity contribution in [3.63, 3.8) is 0 Å².